The van der Waals surface area contributed by atoms with E-state index in [2.05, 4.69) is 0 Å². The Morgan fingerprint density at radius 3 is 2.30 bits per heavy atom. The number of phenols is 2. The van der Waals surface area contributed by atoms with Gasteiger partial charge in [-0.25, -0.2) is 0 Å². The molecule has 0 radical (unpaired) electrons. The minimum absolute atomic E-state index is 0.00207. The van der Waals surface area contributed by atoms with Gasteiger partial charge in [0.25, 0.3) is 0 Å². The maximum Gasteiger partial charge on any atom is 0.182 e. The lowest BCUT2D eigenvalue weighted by atomic mass is 10.1. The summed E-state index contributed by atoms with van der Waals surface area (Å²) in [7, 11) is 1.43. The zero-order valence-corrected chi connectivity index (χ0v) is 14.7. The van der Waals surface area contributed by atoms with Gasteiger partial charge in [0.2, 0.25) is 0 Å². The van der Waals surface area contributed by atoms with Gasteiger partial charge in [-0.1, -0.05) is 24.3 Å². The van der Waals surface area contributed by atoms with Crippen LogP contribution in [0.1, 0.15) is 16.7 Å². The van der Waals surface area contributed by atoms with Gasteiger partial charge in [-0.05, 0) is 47.5 Å². The van der Waals surface area contributed by atoms with Crippen LogP contribution < -0.4 is 4.74 Å². The molecule has 2 rings (SSSR count). The summed E-state index contributed by atoms with van der Waals surface area (Å²) < 4.78 is 4.99. The van der Waals surface area contributed by atoms with Crippen molar-refractivity contribution in [1.29, 1.82) is 0 Å². The van der Waals surface area contributed by atoms with E-state index >= 15 is 0 Å². The second kappa shape index (κ2) is 9.26. The Hall–Kier alpha value is -3.51. The highest BCUT2D eigenvalue weighted by molar-refractivity contribution is 6.02. The van der Waals surface area contributed by atoms with Crippen molar-refractivity contribution in [2.45, 2.75) is 6.61 Å². The average molecular weight is 368 g/mol. The third-order valence-electron chi connectivity index (χ3n) is 3.65. The lowest BCUT2D eigenvalue weighted by Crippen LogP contribution is -1.89. The number of phenolic OH excluding ortho intramolecular Hbond substituents is 1. The van der Waals surface area contributed by atoms with Crippen LogP contribution in [0.3, 0.4) is 0 Å². The Balaban J connectivity index is 2.05. The maximum atomic E-state index is 11.9. The molecule has 0 saturated heterocycles. The molecule has 0 aromatic heterocycles. The number of carbonyl (C=O) groups is 1. The van der Waals surface area contributed by atoms with Gasteiger partial charge in [0.1, 0.15) is 11.5 Å². The number of methoxy groups -OCH3 is 1. The first-order valence-corrected chi connectivity index (χ1v) is 8.03. The molecule has 0 aliphatic rings. The fourth-order valence-electron chi connectivity index (χ4n) is 2.24. The molecule has 27 heavy (non-hydrogen) atoms. The van der Waals surface area contributed by atoms with Crippen LogP contribution in [0.25, 0.3) is 12.2 Å². The fraction of sp³-hybridized carbons (Fsp3) is 0.0952. The molecule has 2 aromatic carbocycles. The van der Waals surface area contributed by atoms with Crippen molar-refractivity contribution < 1.29 is 30.0 Å². The molecule has 0 aliphatic carbocycles. The second-order valence-electron chi connectivity index (χ2n) is 5.62. The summed E-state index contributed by atoms with van der Waals surface area (Å²) in [6.45, 7) is -0.305. The molecule has 0 saturated carbocycles. The van der Waals surface area contributed by atoms with E-state index in [1.165, 1.54) is 37.5 Å². The summed E-state index contributed by atoms with van der Waals surface area (Å²) in [4.78, 5) is 11.9. The third-order valence-corrected chi connectivity index (χ3v) is 3.65. The predicted molar refractivity (Wildman–Crippen MR) is 102 cm³/mol. The lowest BCUT2D eigenvalue weighted by molar-refractivity contribution is -0.110. The van der Waals surface area contributed by atoms with E-state index in [0.29, 0.717) is 22.4 Å². The van der Waals surface area contributed by atoms with Crippen molar-refractivity contribution >= 4 is 17.9 Å². The zero-order valence-electron chi connectivity index (χ0n) is 14.7. The molecule has 0 unspecified atom stereocenters. The molecular weight excluding hydrogens is 348 g/mol. The first kappa shape index (κ1) is 19.8. The topological polar surface area (TPSA) is 107 Å². The minimum Gasteiger partial charge on any atom is -0.508 e. The molecular formula is C21H20O6. The van der Waals surface area contributed by atoms with Crippen molar-refractivity contribution in [3.8, 4) is 17.2 Å². The highest BCUT2D eigenvalue weighted by Gasteiger charge is 2.02. The first-order valence-electron chi connectivity index (χ1n) is 8.03. The minimum atomic E-state index is -0.425. The van der Waals surface area contributed by atoms with Crippen molar-refractivity contribution in [2.75, 3.05) is 7.11 Å². The van der Waals surface area contributed by atoms with Gasteiger partial charge < -0.3 is 25.2 Å². The summed E-state index contributed by atoms with van der Waals surface area (Å²) in [6, 6.07) is 9.27. The fourth-order valence-corrected chi connectivity index (χ4v) is 2.24. The zero-order chi connectivity index (χ0) is 19.8. The van der Waals surface area contributed by atoms with Gasteiger partial charge in [0.05, 0.1) is 13.7 Å². The number of aromatic hydroxyl groups is 2. The molecule has 6 heteroatoms. The molecule has 0 aliphatic heterocycles. The van der Waals surface area contributed by atoms with Gasteiger partial charge in [0.15, 0.2) is 17.3 Å². The Bertz CT molecular complexity index is 909. The summed E-state index contributed by atoms with van der Waals surface area (Å²) in [5.41, 5.74) is 1.67. The number of hydrogen-bond donors (Lipinski definition) is 4. The average Bonchev–Trinajstić information content (AvgIpc) is 2.66. The largest absolute Gasteiger partial charge is 0.508 e. The number of benzene rings is 2. The van der Waals surface area contributed by atoms with Gasteiger partial charge in [0, 0.05) is 11.6 Å². The number of rotatable bonds is 7. The highest BCUT2D eigenvalue weighted by atomic mass is 16.5. The number of carbonyl (C=O) groups excluding carboxylic acids is 1. The van der Waals surface area contributed by atoms with Crippen molar-refractivity contribution in [2.24, 2.45) is 0 Å². The SMILES string of the molecule is COc1cc(/C=C/C(=O)C=C(O)/C=C\c2ccc(O)c(CO)c2)ccc1O. The van der Waals surface area contributed by atoms with Crippen LogP contribution in [0.15, 0.2) is 60.4 Å². The van der Waals surface area contributed by atoms with Crippen LogP contribution in [0, 0.1) is 0 Å². The number of aliphatic hydroxyl groups excluding tert-OH is 2. The monoisotopic (exact) mass is 368 g/mol. The highest BCUT2D eigenvalue weighted by Crippen LogP contribution is 2.26. The predicted octanol–water partition coefficient (Wildman–Crippen LogP) is 3.34. The molecule has 4 N–H and O–H groups in total. The maximum absolute atomic E-state index is 11.9. The van der Waals surface area contributed by atoms with Gasteiger partial charge >= 0.3 is 0 Å². The van der Waals surface area contributed by atoms with E-state index < -0.39 is 5.78 Å². The quantitative estimate of drug-likeness (QED) is 0.339. The molecule has 140 valence electrons. The summed E-state index contributed by atoms with van der Waals surface area (Å²) in [5.74, 6) is -0.387. The van der Waals surface area contributed by atoms with Gasteiger partial charge in [-0.15, -0.1) is 0 Å². The number of ketones is 1. The normalized spacial score (nSPS) is 12.0. The molecule has 0 bridgehead atoms. The van der Waals surface area contributed by atoms with Crippen LogP contribution in [0.4, 0.5) is 0 Å². The molecule has 6 nitrogen and oxygen atoms in total. The third kappa shape index (κ3) is 5.76. The van der Waals surface area contributed by atoms with Gasteiger partial charge in [-0.2, -0.15) is 0 Å². The van der Waals surface area contributed by atoms with Crippen molar-refractivity contribution in [1.82, 2.24) is 0 Å². The summed E-state index contributed by atoms with van der Waals surface area (Å²) >= 11 is 0. The Labute approximate surface area is 156 Å². The number of ether oxygens (including phenoxy) is 1. The van der Waals surface area contributed by atoms with Crippen LogP contribution in [0.2, 0.25) is 0 Å². The van der Waals surface area contributed by atoms with E-state index in [9.17, 15) is 20.1 Å². The lowest BCUT2D eigenvalue weighted by Gasteiger charge is -2.03. The molecule has 2 aromatic rings. The standard InChI is InChI=1S/C21H20O6/c1-27-21-11-15(5-9-20(21)26)3-7-18(24)12-17(23)6-2-14-4-8-19(25)16(10-14)13-22/h2-12,22-23,25-26H,13H2,1H3/b6-2-,7-3+,17-12?. The molecule has 0 spiro atoms. The van der Waals surface area contributed by atoms with Crippen molar-refractivity contribution in [3.63, 3.8) is 0 Å². The molecule has 0 heterocycles. The molecule has 0 fully saturated rings. The Morgan fingerprint density at radius 1 is 1.00 bits per heavy atom. The van der Waals surface area contributed by atoms with E-state index in [-0.39, 0.29) is 23.9 Å². The Kier molecular flexibility index (Phi) is 6.79. The van der Waals surface area contributed by atoms with Crippen LogP contribution in [-0.4, -0.2) is 33.3 Å². The van der Waals surface area contributed by atoms with E-state index in [0.717, 1.165) is 6.08 Å². The smallest absolute Gasteiger partial charge is 0.182 e. The number of allylic oxidation sites excluding steroid dienone is 3. The van der Waals surface area contributed by atoms with E-state index in [1.807, 2.05) is 0 Å². The molecule has 0 amide bonds. The second-order valence-corrected chi connectivity index (χ2v) is 5.62. The van der Waals surface area contributed by atoms with Crippen molar-refractivity contribution in [3.05, 3.63) is 77.1 Å². The number of aliphatic hydroxyl groups is 2. The molecule has 0 atom stereocenters. The summed E-state index contributed by atoms with van der Waals surface area (Å²) in [5, 5.41) is 38.0. The van der Waals surface area contributed by atoms with Gasteiger partial charge in [-0.3, -0.25) is 4.79 Å². The number of hydrogen-bond acceptors (Lipinski definition) is 6. The van der Waals surface area contributed by atoms with Crippen LogP contribution in [-0.2, 0) is 11.4 Å². The summed E-state index contributed by atoms with van der Waals surface area (Å²) in [6.07, 6.45) is 6.75. The van der Waals surface area contributed by atoms with E-state index in [1.54, 1.807) is 30.3 Å². The van der Waals surface area contributed by atoms with Crippen LogP contribution >= 0.6 is 0 Å². The first-order chi connectivity index (χ1) is 12.9. The Morgan fingerprint density at radius 2 is 1.63 bits per heavy atom. The van der Waals surface area contributed by atoms with E-state index in [4.69, 9.17) is 9.84 Å². The van der Waals surface area contributed by atoms with Crippen LogP contribution in [0.5, 0.6) is 17.2 Å².